The highest BCUT2D eigenvalue weighted by molar-refractivity contribution is 5.79. The summed E-state index contributed by atoms with van der Waals surface area (Å²) in [5, 5.41) is 0. The molecular formula is C12H21N3O4. The molecule has 7 heteroatoms. The van der Waals surface area contributed by atoms with Crippen molar-refractivity contribution in [3.05, 3.63) is 0 Å². The summed E-state index contributed by atoms with van der Waals surface area (Å²) in [4.78, 5) is 29.9. The summed E-state index contributed by atoms with van der Waals surface area (Å²) in [6.45, 7) is 7.58. The number of piperazine rings is 1. The lowest BCUT2D eigenvalue weighted by Gasteiger charge is -2.33. The van der Waals surface area contributed by atoms with Gasteiger partial charge >= 0.3 is 12.2 Å². The maximum absolute atomic E-state index is 11.5. The van der Waals surface area contributed by atoms with Crippen molar-refractivity contribution in [3.8, 4) is 0 Å². The number of hydrogen-bond donors (Lipinski definition) is 0. The van der Waals surface area contributed by atoms with Crippen molar-refractivity contribution in [1.82, 2.24) is 9.80 Å². The van der Waals surface area contributed by atoms with Gasteiger partial charge in [-0.1, -0.05) is 0 Å². The molecule has 0 aliphatic carbocycles. The molecule has 19 heavy (non-hydrogen) atoms. The molecule has 1 aliphatic rings. The molecule has 0 unspecified atom stereocenters. The molecule has 0 bridgehead atoms. The largest absolute Gasteiger partial charge is 0.450 e. The summed E-state index contributed by atoms with van der Waals surface area (Å²) < 4.78 is 9.62. The van der Waals surface area contributed by atoms with Crippen molar-refractivity contribution < 1.29 is 19.1 Å². The average Bonchev–Trinajstić information content (AvgIpc) is 2.40. The van der Waals surface area contributed by atoms with E-state index in [-0.39, 0.29) is 6.09 Å². The van der Waals surface area contributed by atoms with E-state index < -0.39 is 6.09 Å². The molecule has 0 N–H and O–H groups in total. The molecule has 1 heterocycles. The van der Waals surface area contributed by atoms with E-state index in [4.69, 9.17) is 4.74 Å². The smallest absolute Gasteiger partial charge is 0.433 e. The van der Waals surface area contributed by atoms with Crippen molar-refractivity contribution in [2.75, 3.05) is 45.9 Å². The first kappa shape index (κ1) is 15.4. The second kappa shape index (κ2) is 8.47. The highest BCUT2D eigenvalue weighted by Crippen LogP contribution is 2.02. The third-order valence-electron chi connectivity index (χ3n) is 2.70. The molecule has 0 aromatic heterocycles. The van der Waals surface area contributed by atoms with E-state index in [1.165, 1.54) is 6.21 Å². The SMILES string of the molecule is CCOC(=O)/N=C\CN1CCN(C(=O)OCC)CC1. The lowest BCUT2D eigenvalue weighted by atomic mass is 10.3. The minimum absolute atomic E-state index is 0.262. The van der Waals surface area contributed by atoms with Crippen LogP contribution in [-0.2, 0) is 9.47 Å². The minimum Gasteiger partial charge on any atom is -0.450 e. The van der Waals surface area contributed by atoms with Gasteiger partial charge < -0.3 is 14.4 Å². The molecule has 0 spiro atoms. The zero-order valence-electron chi connectivity index (χ0n) is 11.5. The summed E-state index contributed by atoms with van der Waals surface area (Å²) >= 11 is 0. The number of rotatable bonds is 4. The Balaban J connectivity index is 2.23. The van der Waals surface area contributed by atoms with Crippen LogP contribution in [0.4, 0.5) is 9.59 Å². The number of hydrogen-bond acceptors (Lipinski definition) is 5. The van der Waals surface area contributed by atoms with E-state index in [9.17, 15) is 9.59 Å². The summed E-state index contributed by atoms with van der Waals surface area (Å²) in [6, 6.07) is 0. The monoisotopic (exact) mass is 271 g/mol. The number of carbonyl (C=O) groups is 2. The van der Waals surface area contributed by atoms with Crippen LogP contribution in [0.5, 0.6) is 0 Å². The van der Waals surface area contributed by atoms with Crippen LogP contribution in [0.1, 0.15) is 13.8 Å². The number of aliphatic imine (C=N–C) groups is 1. The topological polar surface area (TPSA) is 71.4 Å². The van der Waals surface area contributed by atoms with Crippen molar-refractivity contribution in [1.29, 1.82) is 0 Å². The van der Waals surface area contributed by atoms with Gasteiger partial charge in [-0.3, -0.25) is 4.90 Å². The van der Waals surface area contributed by atoms with Gasteiger partial charge in [-0.2, -0.15) is 4.99 Å². The molecule has 7 nitrogen and oxygen atoms in total. The molecule has 1 aliphatic heterocycles. The van der Waals surface area contributed by atoms with E-state index in [0.29, 0.717) is 32.8 Å². The van der Waals surface area contributed by atoms with Gasteiger partial charge in [0.25, 0.3) is 0 Å². The van der Waals surface area contributed by atoms with Gasteiger partial charge in [0.1, 0.15) is 0 Å². The number of amides is 2. The van der Waals surface area contributed by atoms with E-state index >= 15 is 0 Å². The maximum Gasteiger partial charge on any atom is 0.433 e. The molecule has 0 atom stereocenters. The van der Waals surface area contributed by atoms with Crippen molar-refractivity contribution in [2.24, 2.45) is 4.99 Å². The van der Waals surface area contributed by atoms with Crippen LogP contribution < -0.4 is 0 Å². The first-order chi connectivity index (χ1) is 9.17. The molecule has 0 aromatic rings. The van der Waals surface area contributed by atoms with Crippen LogP contribution in [0.3, 0.4) is 0 Å². The maximum atomic E-state index is 11.5. The van der Waals surface area contributed by atoms with Gasteiger partial charge in [0.05, 0.1) is 13.2 Å². The molecule has 1 fully saturated rings. The van der Waals surface area contributed by atoms with E-state index in [0.717, 1.165) is 13.1 Å². The standard InChI is InChI=1S/C12H21N3O4/c1-3-18-11(16)13-5-6-14-7-9-15(10-8-14)12(17)19-4-2/h5H,3-4,6-10H2,1-2H3/b13-5-. The zero-order valence-corrected chi connectivity index (χ0v) is 11.5. The Morgan fingerprint density at radius 3 is 2.32 bits per heavy atom. The first-order valence-electron chi connectivity index (χ1n) is 6.50. The highest BCUT2D eigenvalue weighted by Gasteiger charge is 2.21. The summed E-state index contributed by atoms with van der Waals surface area (Å²) in [6.07, 6.45) is 0.716. The van der Waals surface area contributed by atoms with Gasteiger partial charge in [-0.05, 0) is 13.8 Å². The fourth-order valence-corrected chi connectivity index (χ4v) is 1.72. The molecule has 0 aromatic carbocycles. The van der Waals surface area contributed by atoms with Crippen LogP contribution >= 0.6 is 0 Å². The van der Waals surface area contributed by atoms with Crippen LogP contribution in [-0.4, -0.2) is 74.1 Å². The van der Waals surface area contributed by atoms with Gasteiger partial charge in [0.2, 0.25) is 0 Å². The fourth-order valence-electron chi connectivity index (χ4n) is 1.72. The zero-order chi connectivity index (χ0) is 14.1. The lowest BCUT2D eigenvalue weighted by Crippen LogP contribution is -2.49. The number of ether oxygens (including phenoxy) is 2. The normalized spacial score (nSPS) is 16.6. The second-order valence-corrected chi connectivity index (χ2v) is 4.00. The third-order valence-corrected chi connectivity index (χ3v) is 2.70. The second-order valence-electron chi connectivity index (χ2n) is 4.00. The summed E-state index contributed by atoms with van der Waals surface area (Å²) in [7, 11) is 0. The predicted octanol–water partition coefficient (Wildman–Crippen LogP) is 0.988. The van der Waals surface area contributed by atoms with E-state index in [2.05, 4.69) is 14.6 Å². The highest BCUT2D eigenvalue weighted by atomic mass is 16.6. The molecule has 108 valence electrons. The Hall–Kier alpha value is -1.63. The fraction of sp³-hybridized carbons (Fsp3) is 0.750. The van der Waals surface area contributed by atoms with Gasteiger partial charge in [0.15, 0.2) is 0 Å². The third kappa shape index (κ3) is 5.69. The van der Waals surface area contributed by atoms with Crippen LogP contribution in [0, 0.1) is 0 Å². The Kier molecular flexibility index (Phi) is 6.88. The van der Waals surface area contributed by atoms with Crippen LogP contribution in [0.25, 0.3) is 0 Å². The van der Waals surface area contributed by atoms with Crippen LogP contribution in [0.2, 0.25) is 0 Å². The molecule has 1 saturated heterocycles. The lowest BCUT2D eigenvalue weighted by molar-refractivity contribution is 0.0836. The van der Waals surface area contributed by atoms with Gasteiger partial charge in [-0.25, -0.2) is 9.59 Å². The summed E-state index contributed by atoms with van der Waals surface area (Å²) in [5.41, 5.74) is 0. The quantitative estimate of drug-likeness (QED) is 0.713. The average molecular weight is 271 g/mol. The Morgan fingerprint density at radius 1 is 1.11 bits per heavy atom. The van der Waals surface area contributed by atoms with E-state index in [1.807, 2.05) is 0 Å². The first-order valence-corrected chi connectivity index (χ1v) is 6.50. The van der Waals surface area contributed by atoms with E-state index in [1.54, 1.807) is 18.7 Å². The van der Waals surface area contributed by atoms with Crippen molar-refractivity contribution >= 4 is 18.4 Å². The Bertz CT molecular complexity index is 325. The predicted molar refractivity (Wildman–Crippen MR) is 70.5 cm³/mol. The Morgan fingerprint density at radius 2 is 1.74 bits per heavy atom. The Labute approximate surface area is 113 Å². The van der Waals surface area contributed by atoms with Gasteiger partial charge in [-0.15, -0.1) is 0 Å². The summed E-state index contributed by atoms with van der Waals surface area (Å²) in [5.74, 6) is 0. The molecular weight excluding hydrogens is 250 g/mol. The molecule has 2 amide bonds. The van der Waals surface area contributed by atoms with Crippen molar-refractivity contribution in [3.63, 3.8) is 0 Å². The minimum atomic E-state index is -0.562. The molecule has 1 rings (SSSR count). The van der Waals surface area contributed by atoms with Crippen LogP contribution in [0.15, 0.2) is 4.99 Å². The number of carbonyl (C=O) groups excluding carboxylic acids is 2. The van der Waals surface area contributed by atoms with Crippen molar-refractivity contribution in [2.45, 2.75) is 13.8 Å². The molecule has 0 saturated carbocycles. The number of nitrogens with zero attached hydrogens (tertiary/aromatic N) is 3. The van der Waals surface area contributed by atoms with Gasteiger partial charge in [0, 0.05) is 38.9 Å². The molecule has 0 radical (unpaired) electrons.